The van der Waals surface area contributed by atoms with E-state index in [0.717, 1.165) is 33.4 Å². The van der Waals surface area contributed by atoms with Gasteiger partial charge >= 0.3 is 11.9 Å². The monoisotopic (exact) mass is 820 g/mol. The molecule has 4 aromatic rings. The van der Waals surface area contributed by atoms with Gasteiger partial charge in [0.1, 0.15) is 12.3 Å². The lowest BCUT2D eigenvalue weighted by molar-refractivity contribution is -0.197. The van der Waals surface area contributed by atoms with E-state index in [9.17, 15) is 38.4 Å². The maximum atomic E-state index is 13.0. The van der Waals surface area contributed by atoms with Gasteiger partial charge in [-0.15, -0.1) is 5.06 Å². The Morgan fingerprint density at radius 1 is 0.557 bits per heavy atom. The number of amides is 5. The molecule has 5 amide bonds. The fourth-order valence-electron chi connectivity index (χ4n) is 6.59. The molecule has 14 nitrogen and oxygen atoms in total. The highest BCUT2D eigenvalue weighted by Gasteiger charge is 2.33. The van der Waals surface area contributed by atoms with Crippen LogP contribution in [0.2, 0.25) is 0 Å². The minimum absolute atomic E-state index is 0.0109. The first-order valence-corrected chi connectivity index (χ1v) is 19.5. The number of carbonyl (C=O) groups excluding carboxylic acids is 7. The van der Waals surface area contributed by atoms with Crippen LogP contribution in [0.1, 0.15) is 84.7 Å². The van der Waals surface area contributed by atoms with E-state index in [1.54, 1.807) is 9.80 Å². The molecule has 14 heteroatoms. The number of para-hydroxylation sites is 2. The number of hydrogen-bond acceptors (Lipinski definition) is 9. The number of ketones is 1. The van der Waals surface area contributed by atoms with E-state index in [2.05, 4.69) is 29.0 Å². The first-order valence-electron chi connectivity index (χ1n) is 19.5. The highest BCUT2D eigenvalue weighted by molar-refractivity contribution is 6.02. The zero-order valence-corrected chi connectivity index (χ0v) is 33.0. The van der Waals surface area contributed by atoms with Crippen LogP contribution in [0.25, 0.3) is 0 Å². The number of nitrogens with zero attached hydrogens (tertiary/aromatic N) is 3. The fraction of sp³-hybridized carbons (Fsp3) is 0.234. The largest absolute Gasteiger partial charge is 0.480 e. The quantitative estimate of drug-likeness (QED) is 0.151. The van der Waals surface area contributed by atoms with Crippen molar-refractivity contribution in [2.45, 2.75) is 64.5 Å². The number of nitrogens with one attached hydrogen (secondary N) is 1. The van der Waals surface area contributed by atoms with Gasteiger partial charge in [0.05, 0.1) is 30.9 Å². The summed E-state index contributed by atoms with van der Waals surface area (Å²) in [5, 5.41) is 11.2. The summed E-state index contributed by atoms with van der Waals surface area (Å²) in [6.45, 7) is 0.190. The van der Waals surface area contributed by atoms with E-state index in [4.69, 9.17) is 9.94 Å². The molecule has 4 aromatic carbocycles. The van der Waals surface area contributed by atoms with Crippen LogP contribution in [-0.2, 0) is 56.3 Å². The Morgan fingerprint density at radius 2 is 0.984 bits per heavy atom. The van der Waals surface area contributed by atoms with Gasteiger partial charge in [0.2, 0.25) is 17.7 Å². The third-order valence-corrected chi connectivity index (χ3v) is 9.77. The SMILES string of the molecule is O=C(CCC(=O)N1Cc2ccccc2C#Cc2ccccc21)ON1C(=O)CCC1=O.O=C(O)CNC(=O)CCC(=O)CCC(=O)N1Cc2ccccc2C#Cc2ccccc21. The number of Topliss-reactive ketones (excluding diaryl/α,β-unsaturated/α-hetero) is 1. The van der Waals surface area contributed by atoms with Crippen LogP contribution in [0.4, 0.5) is 11.4 Å². The predicted octanol–water partition coefficient (Wildman–Crippen LogP) is 4.58. The normalized spacial score (nSPS) is 13.2. The van der Waals surface area contributed by atoms with Gasteiger partial charge in [-0.3, -0.25) is 33.6 Å². The van der Waals surface area contributed by atoms with E-state index in [0.29, 0.717) is 29.5 Å². The molecule has 3 aliphatic rings. The van der Waals surface area contributed by atoms with Crippen LogP contribution in [0, 0.1) is 23.7 Å². The van der Waals surface area contributed by atoms with Crippen molar-refractivity contribution >= 4 is 58.6 Å². The van der Waals surface area contributed by atoms with Gasteiger partial charge in [-0.2, -0.15) is 0 Å². The smallest absolute Gasteiger partial charge is 0.333 e. The van der Waals surface area contributed by atoms with Crippen LogP contribution >= 0.6 is 0 Å². The van der Waals surface area contributed by atoms with Gasteiger partial charge in [0, 0.05) is 67.2 Å². The third kappa shape index (κ3) is 11.4. The number of rotatable bonds is 12. The number of imide groups is 1. The van der Waals surface area contributed by atoms with Crippen molar-refractivity contribution in [3.8, 4) is 23.7 Å². The molecule has 0 unspecified atom stereocenters. The third-order valence-electron chi connectivity index (χ3n) is 9.77. The number of hydrogen-bond donors (Lipinski definition) is 2. The van der Waals surface area contributed by atoms with E-state index in [1.165, 1.54) is 0 Å². The van der Waals surface area contributed by atoms with Crippen LogP contribution in [0.3, 0.4) is 0 Å². The molecule has 61 heavy (non-hydrogen) atoms. The summed E-state index contributed by atoms with van der Waals surface area (Å²) < 4.78 is 0. The molecular formula is C47H40N4O10. The van der Waals surface area contributed by atoms with Gasteiger partial charge in [0.25, 0.3) is 11.8 Å². The number of carbonyl (C=O) groups is 8. The minimum atomic E-state index is -1.15. The Kier molecular flexibility index (Phi) is 14.2. The molecule has 3 heterocycles. The minimum Gasteiger partial charge on any atom is -0.480 e. The highest BCUT2D eigenvalue weighted by Crippen LogP contribution is 2.28. The van der Waals surface area contributed by atoms with Gasteiger partial charge in [-0.1, -0.05) is 84.3 Å². The number of carboxylic acids is 1. The lowest BCUT2D eigenvalue weighted by atomic mass is 10.0. The number of anilines is 2. The van der Waals surface area contributed by atoms with Gasteiger partial charge in [-0.25, -0.2) is 4.79 Å². The van der Waals surface area contributed by atoms with E-state index >= 15 is 0 Å². The molecule has 1 fully saturated rings. The van der Waals surface area contributed by atoms with Crippen LogP contribution in [-0.4, -0.2) is 64.0 Å². The number of fused-ring (bicyclic) bond motifs is 4. The predicted molar refractivity (Wildman–Crippen MR) is 221 cm³/mol. The summed E-state index contributed by atoms with van der Waals surface area (Å²) in [4.78, 5) is 104. The van der Waals surface area contributed by atoms with Crippen molar-refractivity contribution in [2.75, 3.05) is 16.3 Å². The van der Waals surface area contributed by atoms with E-state index in [1.807, 2.05) is 97.1 Å². The Bertz CT molecular complexity index is 2530. The van der Waals surface area contributed by atoms with Crippen molar-refractivity contribution in [1.82, 2.24) is 10.4 Å². The molecular weight excluding hydrogens is 781 g/mol. The summed E-state index contributed by atoms with van der Waals surface area (Å²) in [6, 6.07) is 30.0. The van der Waals surface area contributed by atoms with E-state index < -0.39 is 36.2 Å². The van der Waals surface area contributed by atoms with E-state index in [-0.39, 0.29) is 69.0 Å². The average Bonchev–Trinajstić information content (AvgIpc) is 3.57. The summed E-state index contributed by atoms with van der Waals surface area (Å²) >= 11 is 0. The Hall–Kier alpha value is -7.84. The molecule has 7 rings (SSSR count). The number of hydroxylamine groups is 2. The summed E-state index contributed by atoms with van der Waals surface area (Å²) in [5.41, 5.74) is 6.37. The molecule has 2 N–H and O–H groups in total. The zero-order chi connectivity index (χ0) is 43.3. The maximum Gasteiger partial charge on any atom is 0.333 e. The summed E-state index contributed by atoms with van der Waals surface area (Å²) in [6.07, 6.45) is -0.442. The molecule has 0 bridgehead atoms. The lowest BCUT2D eigenvalue weighted by Gasteiger charge is -2.26. The molecule has 0 spiro atoms. The second kappa shape index (κ2) is 20.2. The Labute approximate surface area is 351 Å². The number of carboxylic acid groups (broad SMARTS) is 1. The first kappa shape index (κ1) is 42.8. The van der Waals surface area contributed by atoms with Gasteiger partial charge < -0.3 is 25.1 Å². The Balaban J connectivity index is 0.000000204. The summed E-state index contributed by atoms with van der Waals surface area (Å²) in [5.74, 6) is 8.29. The summed E-state index contributed by atoms with van der Waals surface area (Å²) in [7, 11) is 0. The molecule has 1 saturated heterocycles. The molecule has 3 aliphatic heterocycles. The first-order chi connectivity index (χ1) is 29.5. The molecule has 0 aromatic heterocycles. The number of aliphatic carboxylic acids is 1. The topological polar surface area (TPSA) is 188 Å². The molecule has 308 valence electrons. The second-order valence-corrected chi connectivity index (χ2v) is 14.1. The van der Waals surface area contributed by atoms with Crippen LogP contribution < -0.4 is 15.1 Å². The lowest BCUT2D eigenvalue weighted by Crippen LogP contribution is -2.34. The molecule has 0 saturated carbocycles. The van der Waals surface area contributed by atoms with Crippen molar-refractivity contribution in [3.05, 3.63) is 130 Å². The van der Waals surface area contributed by atoms with Crippen molar-refractivity contribution in [1.29, 1.82) is 0 Å². The molecule has 0 aliphatic carbocycles. The maximum absolute atomic E-state index is 13.0. The Morgan fingerprint density at radius 3 is 1.49 bits per heavy atom. The zero-order valence-electron chi connectivity index (χ0n) is 33.0. The van der Waals surface area contributed by atoms with Crippen molar-refractivity contribution in [2.24, 2.45) is 0 Å². The average molecular weight is 821 g/mol. The van der Waals surface area contributed by atoms with Crippen LogP contribution in [0.15, 0.2) is 97.1 Å². The second-order valence-electron chi connectivity index (χ2n) is 14.1. The molecule has 0 radical (unpaired) electrons. The van der Waals surface area contributed by atoms with Crippen molar-refractivity contribution < 1.29 is 48.3 Å². The molecule has 0 atom stereocenters. The van der Waals surface area contributed by atoms with Crippen LogP contribution in [0.5, 0.6) is 0 Å². The van der Waals surface area contributed by atoms with Gasteiger partial charge in [0.15, 0.2) is 0 Å². The fourth-order valence-corrected chi connectivity index (χ4v) is 6.59. The standard InChI is InChI=1S/C24H22N2O5.C23H18N2O5/c27-20(11-13-22(28)25-15-24(30)31)12-14-23(29)26-16-19-7-2-1-5-17(19)9-10-18-6-3-4-8-21(18)26;26-20(13-14-23(29)30-25-21(27)11-12-22(25)28)24-15-18-7-2-1-5-16(18)9-10-17-6-3-4-8-19(17)24/h1-8H,11-16H2,(H,25,28)(H,30,31);1-8H,11-15H2. The highest BCUT2D eigenvalue weighted by atomic mass is 16.7. The number of benzene rings is 4. The van der Waals surface area contributed by atoms with Gasteiger partial charge in [-0.05, 0) is 47.5 Å². The van der Waals surface area contributed by atoms with Crippen molar-refractivity contribution in [3.63, 3.8) is 0 Å².